The summed E-state index contributed by atoms with van der Waals surface area (Å²) in [4.78, 5) is 14.4. The van der Waals surface area contributed by atoms with Crippen LogP contribution in [0, 0.1) is 0 Å². The zero-order valence-corrected chi connectivity index (χ0v) is 11.0. The Hall–Kier alpha value is -2.23. The minimum atomic E-state index is 0.0507. The molecule has 0 saturated heterocycles. The van der Waals surface area contributed by atoms with Crippen molar-refractivity contribution in [3.05, 3.63) is 53.3 Å². The largest absolute Gasteiger partial charge is 0.397 e. The lowest BCUT2D eigenvalue weighted by atomic mass is 10.1. The highest BCUT2D eigenvalue weighted by molar-refractivity contribution is 5.94. The molecule has 1 aliphatic heterocycles. The number of anilines is 1. The zero-order valence-electron chi connectivity index (χ0n) is 11.0. The average molecular weight is 255 g/mol. The number of benzene rings is 1. The molecule has 4 nitrogen and oxygen atoms in total. The molecule has 2 aromatic rings. The van der Waals surface area contributed by atoms with Gasteiger partial charge in [0.2, 0.25) is 0 Å². The smallest absolute Gasteiger partial charge is 0.271 e. The maximum absolute atomic E-state index is 12.6. The van der Waals surface area contributed by atoms with Crippen LogP contribution in [0.3, 0.4) is 0 Å². The van der Waals surface area contributed by atoms with Gasteiger partial charge in [-0.2, -0.15) is 0 Å². The number of hydrogen-bond donors (Lipinski definition) is 1. The zero-order chi connectivity index (χ0) is 13.4. The lowest BCUT2D eigenvalue weighted by Gasteiger charge is -2.16. The summed E-state index contributed by atoms with van der Waals surface area (Å²) in [6.07, 6.45) is 1.82. The molecular weight excluding hydrogens is 238 g/mol. The van der Waals surface area contributed by atoms with Gasteiger partial charge in [0, 0.05) is 25.8 Å². The van der Waals surface area contributed by atoms with Crippen LogP contribution in [0.4, 0.5) is 5.69 Å². The predicted octanol–water partition coefficient (Wildman–Crippen LogP) is 2.25. The summed E-state index contributed by atoms with van der Waals surface area (Å²) in [5.74, 6) is 0.0507. The molecule has 1 aromatic carbocycles. The number of nitrogens with two attached hydrogens (primary N) is 1. The Balaban J connectivity index is 1.87. The van der Waals surface area contributed by atoms with E-state index in [0.717, 1.165) is 6.54 Å². The molecule has 0 saturated carbocycles. The molecular formula is C15H17N3O. The van der Waals surface area contributed by atoms with Gasteiger partial charge in [-0.3, -0.25) is 4.79 Å². The number of rotatable bonds is 2. The molecule has 1 aliphatic rings. The fraction of sp³-hybridized carbons (Fsp3) is 0.267. The molecule has 2 N–H and O–H groups in total. The Morgan fingerprint density at radius 2 is 1.89 bits per heavy atom. The third-order valence-corrected chi connectivity index (χ3v) is 3.61. The summed E-state index contributed by atoms with van der Waals surface area (Å²) >= 11 is 0. The maximum atomic E-state index is 12.6. The first kappa shape index (κ1) is 11.8. The van der Waals surface area contributed by atoms with Gasteiger partial charge >= 0.3 is 0 Å². The van der Waals surface area contributed by atoms with Crippen LogP contribution < -0.4 is 5.73 Å². The van der Waals surface area contributed by atoms with Crippen LogP contribution in [-0.2, 0) is 19.6 Å². The van der Waals surface area contributed by atoms with Crippen molar-refractivity contribution in [2.45, 2.75) is 26.6 Å². The van der Waals surface area contributed by atoms with Crippen molar-refractivity contribution in [3.63, 3.8) is 0 Å². The Morgan fingerprint density at radius 1 is 1.26 bits per heavy atom. The van der Waals surface area contributed by atoms with E-state index in [1.807, 2.05) is 34.7 Å². The number of amides is 1. The maximum Gasteiger partial charge on any atom is 0.271 e. The lowest BCUT2D eigenvalue weighted by molar-refractivity contribution is 0.0740. The Labute approximate surface area is 112 Å². The van der Waals surface area contributed by atoms with E-state index < -0.39 is 0 Å². The third kappa shape index (κ3) is 1.99. The van der Waals surface area contributed by atoms with Gasteiger partial charge in [-0.25, -0.2) is 0 Å². The van der Waals surface area contributed by atoms with E-state index in [1.165, 1.54) is 11.1 Å². The Morgan fingerprint density at radius 3 is 2.47 bits per heavy atom. The highest BCUT2D eigenvalue weighted by Crippen LogP contribution is 2.24. The predicted molar refractivity (Wildman–Crippen MR) is 74.5 cm³/mol. The average Bonchev–Trinajstić information content (AvgIpc) is 3.00. The van der Waals surface area contributed by atoms with Crippen LogP contribution in [0.25, 0.3) is 0 Å². The summed E-state index contributed by atoms with van der Waals surface area (Å²) in [7, 11) is 0. The Bertz CT molecular complexity index is 605. The highest BCUT2D eigenvalue weighted by Gasteiger charge is 2.25. The quantitative estimate of drug-likeness (QED) is 0.894. The van der Waals surface area contributed by atoms with Crippen molar-refractivity contribution < 1.29 is 4.79 Å². The van der Waals surface area contributed by atoms with Crippen molar-refractivity contribution in [2.24, 2.45) is 0 Å². The van der Waals surface area contributed by atoms with E-state index in [-0.39, 0.29) is 5.91 Å². The molecule has 0 spiro atoms. The first-order valence-corrected chi connectivity index (χ1v) is 6.50. The van der Waals surface area contributed by atoms with Gasteiger partial charge in [0.05, 0.1) is 5.69 Å². The minimum Gasteiger partial charge on any atom is -0.397 e. The SMILES string of the molecule is CCn1cc(N)cc1C(=O)N1Cc2ccccc2C1. The van der Waals surface area contributed by atoms with Crippen LogP contribution in [-0.4, -0.2) is 15.4 Å². The molecule has 98 valence electrons. The van der Waals surface area contributed by atoms with Crippen molar-refractivity contribution in [1.82, 2.24) is 9.47 Å². The fourth-order valence-electron chi connectivity index (χ4n) is 2.61. The molecule has 0 atom stereocenters. The van der Waals surface area contributed by atoms with Crippen LogP contribution in [0.2, 0.25) is 0 Å². The molecule has 1 amide bonds. The molecule has 19 heavy (non-hydrogen) atoms. The minimum absolute atomic E-state index is 0.0507. The molecule has 4 heteroatoms. The number of aryl methyl sites for hydroxylation is 1. The number of nitrogens with zero attached hydrogens (tertiary/aromatic N) is 2. The molecule has 0 aliphatic carbocycles. The van der Waals surface area contributed by atoms with E-state index in [1.54, 1.807) is 6.07 Å². The summed E-state index contributed by atoms with van der Waals surface area (Å²) in [6, 6.07) is 9.94. The standard InChI is InChI=1S/C15H17N3O/c1-2-17-10-13(16)7-14(17)15(19)18-8-11-5-3-4-6-12(11)9-18/h3-7,10H,2,8-9,16H2,1H3. The number of fused-ring (bicyclic) bond motifs is 1. The van der Waals surface area contributed by atoms with E-state index in [4.69, 9.17) is 5.73 Å². The number of carbonyl (C=O) groups excluding carboxylic acids is 1. The van der Waals surface area contributed by atoms with E-state index in [0.29, 0.717) is 24.5 Å². The monoisotopic (exact) mass is 255 g/mol. The summed E-state index contributed by atoms with van der Waals surface area (Å²) in [5.41, 5.74) is 9.57. The second kappa shape index (κ2) is 4.46. The highest BCUT2D eigenvalue weighted by atomic mass is 16.2. The van der Waals surface area contributed by atoms with Gasteiger partial charge in [0.1, 0.15) is 5.69 Å². The third-order valence-electron chi connectivity index (χ3n) is 3.61. The summed E-state index contributed by atoms with van der Waals surface area (Å²) in [6.45, 7) is 4.13. The summed E-state index contributed by atoms with van der Waals surface area (Å²) in [5, 5.41) is 0. The topological polar surface area (TPSA) is 51.3 Å². The first-order chi connectivity index (χ1) is 9.19. The molecule has 0 bridgehead atoms. The second-order valence-corrected chi connectivity index (χ2v) is 4.87. The lowest BCUT2D eigenvalue weighted by Crippen LogP contribution is -2.27. The van der Waals surface area contributed by atoms with E-state index in [2.05, 4.69) is 12.1 Å². The van der Waals surface area contributed by atoms with Crippen molar-refractivity contribution in [1.29, 1.82) is 0 Å². The summed E-state index contributed by atoms with van der Waals surface area (Å²) < 4.78 is 1.90. The molecule has 0 unspecified atom stereocenters. The van der Waals surface area contributed by atoms with E-state index >= 15 is 0 Å². The number of nitrogen functional groups attached to an aromatic ring is 1. The van der Waals surface area contributed by atoms with Crippen molar-refractivity contribution in [2.75, 3.05) is 5.73 Å². The van der Waals surface area contributed by atoms with Crippen LogP contribution in [0.1, 0.15) is 28.5 Å². The number of carbonyl (C=O) groups is 1. The van der Waals surface area contributed by atoms with Gasteiger partial charge in [-0.05, 0) is 24.1 Å². The molecule has 2 heterocycles. The molecule has 1 aromatic heterocycles. The van der Waals surface area contributed by atoms with Crippen LogP contribution >= 0.6 is 0 Å². The normalized spacial score (nSPS) is 13.6. The van der Waals surface area contributed by atoms with Gasteiger partial charge in [0.15, 0.2) is 0 Å². The Kier molecular flexibility index (Phi) is 2.78. The molecule has 0 radical (unpaired) electrons. The van der Waals surface area contributed by atoms with E-state index in [9.17, 15) is 4.79 Å². The van der Waals surface area contributed by atoms with Crippen LogP contribution in [0.5, 0.6) is 0 Å². The van der Waals surface area contributed by atoms with Gasteiger partial charge in [-0.1, -0.05) is 24.3 Å². The number of aromatic nitrogens is 1. The van der Waals surface area contributed by atoms with Crippen LogP contribution in [0.15, 0.2) is 36.5 Å². The second-order valence-electron chi connectivity index (χ2n) is 4.87. The first-order valence-electron chi connectivity index (χ1n) is 6.50. The van der Waals surface area contributed by atoms with Gasteiger partial charge in [-0.15, -0.1) is 0 Å². The van der Waals surface area contributed by atoms with Crippen molar-refractivity contribution in [3.8, 4) is 0 Å². The van der Waals surface area contributed by atoms with Crippen molar-refractivity contribution >= 4 is 11.6 Å². The molecule has 0 fully saturated rings. The fourth-order valence-corrected chi connectivity index (χ4v) is 2.61. The van der Waals surface area contributed by atoms with Gasteiger partial charge in [0.25, 0.3) is 5.91 Å². The number of hydrogen-bond acceptors (Lipinski definition) is 2. The van der Waals surface area contributed by atoms with Gasteiger partial charge < -0.3 is 15.2 Å². The molecule has 3 rings (SSSR count).